The van der Waals surface area contributed by atoms with Crippen LogP contribution in [-0.2, 0) is 16.7 Å². The summed E-state index contributed by atoms with van der Waals surface area (Å²) in [6.07, 6.45) is 3.33. The minimum atomic E-state index is -0.373. The number of fused-ring (bicyclic) bond motifs is 1. The van der Waals surface area contributed by atoms with Gasteiger partial charge in [0.1, 0.15) is 12.0 Å². The van der Waals surface area contributed by atoms with Gasteiger partial charge in [-0.1, -0.05) is 45.0 Å². The molecule has 8 nitrogen and oxygen atoms in total. The van der Waals surface area contributed by atoms with Crippen molar-refractivity contribution in [2.24, 2.45) is 0 Å². The fraction of sp³-hybridized carbons (Fsp3) is 0.233. The summed E-state index contributed by atoms with van der Waals surface area (Å²) in [7, 11) is 1.36. The SMILES string of the molecule is COC(=O)c1ccc(-c2cc3c(-c4ccc(CNC(=O)c5ncc(C(C)(C)C)s5)c(C)c4)ncnc3[nH]2)cc1. The molecule has 2 N–H and O–H groups in total. The third-order valence-corrected chi connectivity index (χ3v) is 7.96. The molecule has 0 saturated heterocycles. The Morgan fingerprint density at radius 3 is 2.41 bits per heavy atom. The first-order valence-electron chi connectivity index (χ1n) is 12.5. The Balaban J connectivity index is 1.35. The van der Waals surface area contributed by atoms with Gasteiger partial charge in [-0.3, -0.25) is 4.79 Å². The predicted octanol–water partition coefficient (Wildman–Crippen LogP) is 6.07. The molecule has 0 aliphatic heterocycles. The van der Waals surface area contributed by atoms with Gasteiger partial charge in [0.2, 0.25) is 0 Å². The van der Waals surface area contributed by atoms with Crippen LogP contribution in [0.5, 0.6) is 0 Å². The van der Waals surface area contributed by atoms with Crippen LogP contribution in [0.1, 0.15) is 56.9 Å². The van der Waals surface area contributed by atoms with E-state index >= 15 is 0 Å². The largest absolute Gasteiger partial charge is 0.465 e. The van der Waals surface area contributed by atoms with Gasteiger partial charge in [-0.05, 0) is 53.3 Å². The molecule has 9 heteroatoms. The second-order valence-corrected chi connectivity index (χ2v) is 11.4. The minimum absolute atomic E-state index is 0.0373. The van der Waals surface area contributed by atoms with Crippen LogP contribution in [0, 0.1) is 6.92 Å². The Morgan fingerprint density at radius 2 is 1.74 bits per heavy atom. The molecule has 0 saturated carbocycles. The van der Waals surface area contributed by atoms with Crippen molar-refractivity contribution in [2.45, 2.75) is 39.7 Å². The van der Waals surface area contributed by atoms with E-state index in [0.717, 1.165) is 49.6 Å². The number of carbonyl (C=O) groups excluding carboxylic acids is 2. The van der Waals surface area contributed by atoms with Crippen LogP contribution in [-0.4, -0.2) is 38.9 Å². The van der Waals surface area contributed by atoms with E-state index in [1.54, 1.807) is 24.7 Å². The van der Waals surface area contributed by atoms with E-state index in [1.165, 1.54) is 18.4 Å². The molecule has 0 fully saturated rings. The third kappa shape index (κ3) is 5.44. The van der Waals surface area contributed by atoms with Crippen LogP contribution in [0.2, 0.25) is 0 Å². The number of nitrogens with one attached hydrogen (secondary N) is 2. The van der Waals surface area contributed by atoms with Crippen molar-refractivity contribution >= 4 is 34.2 Å². The highest BCUT2D eigenvalue weighted by Gasteiger charge is 2.20. The molecule has 3 heterocycles. The summed E-state index contributed by atoms with van der Waals surface area (Å²) in [6, 6.07) is 15.3. The van der Waals surface area contributed by atoms with E-state index in [1.807, 2.05) is 37.3 Å². The first-order valence-corrected chi connectivity index (χ1v) is 13.3. The number of H-pyrrole nitrogens is 1. The fourth-order valence-electron chi connectivity index (χ4n) is 4.25. The molecule has 5 rings (SSSR count). The van der Waals surface area contributed by atoms with E-state index in [0.29, 0.717) is 17.1 Å². The number of hydrogen-bond donors (Lipinski definition) is 2. The molecule has 0 aliphatic rings. The molecule has 0 atom stereocenters. The molecule has 0 radical (unpaired) electrons. The number of aromatic nitrogens is 4. The number of aryl methyl sites for hydroxylation is 1. The normalized spacial score (nSPS) is 11.5. The van der Waals surface area contributed by atoms with Crippen LogP contribution in [0.25, 0.3) is 33.5 Å². The van der Waals surface area contributed by atoms with Gasteiger partial charge < -0.3 is 15.0 Å². The van der Waals surface area contributed by atoms with Crippen LogP contribution in [0.15, 0.2) is 61.1 Å². The Morgan fingerprint density at radius 1 is 1.00 bits per heavy atom. The average Bonchev–Trinajstić information content (AvgIpc) is 3.60. The van der Waals surface area contributed by atoms with Gasteiger partial charge in [-0.15, -0.1) is 11.3 Å². The van der Waals surface area contributed by atoms with Gasteiger partial charge in [0.25, 0.3) is 5.91 Å². The van der Waals surface area contributed by atoms with Gasteiger partial charge in [0.05, 0.1) is 18.4 Å². The van der Waals surface area contributed by atoms with Crippen LogP contribution in [0.4, 0.5) is 0 Å². The van der Waals surface area contributed by atoms with Crippen molar-refractivity contribution in [1.29, 1.82) is 0 Å². The maximum atomic E-state index is 12.7. The van der Waals surface area contributed by atoms with Gasteiger partial charge in [-0.2, -0.15) is 0 Å². The second kappa shape index (κ2) is 10.4. The molecular formula is C30H29N5O3S. The highest BCUT2D eigenvalue weighted by molar-refractivity contribution is 7.13. The number of nitrogens with zero attached hydrogens (tertiary/aromatic N) is 3. The molecule has 0 unspecified atom stereocenters. The molecule has 5 aromatic rings. The number of methoxy groups -OCH3 is 1. The third-order valence-electron chi connectivity index (χ3n) is 6.54. The summed E-state index contributed by atoms with van der Waals surface area (Å²) in [5, 5.41) is 4.36. The van der Waals surface area contributed by atoms with E-state index in [4.69, 9.17) is 4.74 Å². The van der Waals surface area contributed by atoms with Gasteiger partial charge in [0, 0.05) is 34.3 Å². The lowest BCUT2D eigenvalue weighted by Gasteiger charge is -2.14. The summed E-state index contributed by atoms with van der Waals surface area (Å²) in [5.74, 6) is -0.543. The monoisotopic (exact) mass is 539 g/mol. The minimum Gasteiger partial charge on any atom is -0.465 e. The fourth-order valence-corrected chi connectivity index (χ4v) is 5.14. The van der Waals surface area contributed by atoms with E-state index < -0.39 is 0 Å². The van der Waals surface area contributed by atoms with Crippen molar-refractivity contribution in [1.82, 2.24) is 25.3 Å². The molecule has 198 valence electrons. The van der Waals surface area contributed by atoms with E-state index in [-0.39, 0.29) is 17.3 Å². The van der Waals surface area contributed by atoms with Crippen molar-refractivity contribution < 1.29 is 14.3 Å². The maximum Gasteiger partial charge on any atom is 0.337 e. The van der Waals surface area contributed by atoms with Crippen LogP contribution in [0.3, 0.4) is 0 Å². The molecule has 0 bridgehead atoms. The number of esters is 1. The molecule has 0 aliphatic carbocycles. The summed E-state index contributed by atoms with van der Waals surface area (Å²) in [6.45, 7) is 8.75. The number of carbonyl (C=O) groups is 2. The van der Waals surface area contributed by atoms with E-state index in [2.05, 4.69) is 52.1 Å². The number of amides is 1. The molecule has 3 aromatic heterocycles. The van der Waals surface area contributed by atoms with Crippen molar-refractivity contribution in [3.63, 3.8) is 0 Å². The lowest BCUT2D eigenvalue weighted by Crippen LogP contribution is -2.23. The van der Waals surface area contributed by atoms with Crippen LogP contribution >= 0.6 is 11.3 Å². The zero-order valence-electron chi connectivity index (χ0n) is 22.5. The summed E-state index contributed by atoms with van der Waals surface area (Å²) in [5.41, 5.74) is 6.80. The summed E-state index contributed by atoms with van der Waals surface area (Å²) >= 11 is 1.43. The quantitative estimate of drug-likeness (QED) is 0.254. The highest BCUT2D eigenvalue weighted by Crippen LogP contribution is 2.31. The number of ether oxygens (including phenoxy) is 1. The number of aromatic amines is 1. The molecule has 1 amide bonds. The zero-order chi connectivity index (χ0) is 27.7. The topological polar surface area (TPSA) is 110 Å². The number of thiazole rings is 1. The molecule has 2 aromatic carbocycles. The smallest absolute Gasteiger partial charge is 0.337 e. The molecule has 0 spiro atoms. The lowest BCUT2D eigenvalue weighted by atomic mass is 9.96. The van der Waals surface area contributed by atoms with Gasteiger partial charge >= 0.3 is 5.97 Å². The first-order chi connectivity index (χ1) is 18.6. The lowest BCUT2D eigenvalue weighted by molar-refractivity contribution is 0.0600. The molecule has 39 heavy (non-hydrogen) atoms. The van der Waals surface area contributed by atoms with Crippen molar-refractivity contribution in [3.8, 4) is 22.5 Å². The van der Waals surface area contributed by atoms with Crippen molar-refractivity contribution in [3.05, 3.63) is 87.6 Å². The zero-order valence-corrected chi connectivity index (χ0v) is 23.3. The Kier molecular flexibility index (Phi) is 7.01. The Bertz CT molecular complexity index is 1680. The number of benzene rings is 2. The average molecular weight is 540 g/mol. The standard InChI is InChI=1S/C30H29N5O3S/c1-17-12-20(10-11-21(17)14-31-27(36)28-32-15-24(39-28)30(2,3)4)25-22-13-23(35-26(22)34-16-33-25)18-6-8-19(9-7-18)29(37)38-5/h6-13,15-16H,14H2,1-5H3,(H,31,36)(H,33,34,35). The molecular weight excluding hydrogens is 510 g/mol. The van der Waals surface area contributed by atoms with Gasteiger partial charge in [0.15, 0.2) is 5.01 Å². The van der Waals surface area contributed by atoms with Crippen molar-refractivity contribution in [2.75, 3.05) is 7.11 Å². The predicted molar refractivity (Wildman–Crippen MR) is 153 cm³/mol. The first kappa shape index (κ1) is 26.2. The Labute approximate surface area is 230 Å². The van der Waals surface area contributed by atoms with Crippen LogP contribution < -0.4 is 5.32 Å². The van der Waals surface area contributed by atoms with Gasteiger partial charge in [-0.25, -0.2) is 19.7 Å². The summed E-state index contributed by atoms with van der Waals surface area (Å²) < 4.78 is 4.78. The Hall–Kier alpha value is -4.37. The van der Waals surface area contributed by atoms with E-state index in [9.17, 15) is 9.59 Å². The maximum absolute atomic E-state index is 12.7. The number of rotatable bonds is 6. The number of hydrogen-bond acceptors (Lipinski definition) is 7. The summed E-state index contributed by atoms with van der Waals surface area (Å²) in [4.78, 5) is 42.2. The highest BCUT2D eigenvalue weighted by atomic mass is 32.1. The second-order valence-electron chi connectivity index (χ2n) is 10.3.